The van der Waals surface area contributed by atoms with Crippen LogP contribution in [0.5, 0.6) is 0 Å². The van der Waals surface area contributed by atoms with Gasteiger partial charge < -0.3 is 4.57 Å². The van der Waals surface area contributed by atoms with E-state index in [0.29, 0.717) is 22.5 Å². The SMILES string of the molecule is Cc1cc(C)c(-c2ccc3c4ccccc4n(-c4cccc5c4C(=O)N(c4c(-c6ccccc6)cccc4-c4ccccc4)C5=O)c3c2)c(C)c1. The van der Waals surface area contributed by atoms with Gasteiger partial charge in [-0.1, -0.05) is 133 Å². The molecule has 9 rings (SSSR count). The standard InChI is InChI=1S/C47H34N2O2/c1-29-26-30(2)43(31(3)27-29)34-24-25-38-37-18-10-11-22-40(37)48(42(38)28-34)41-23-13-21-39-44(41)47(51)49(46(39)50)45-35(32-14-6-4-7-15-32)19-12-20-36(45)33-16-8-5-9-17-33/h4-28H,1-3H3. The number of aromatic nitrogens is 1. The predicted molar refractivity (Wildman–Crippen MR) is 209 cm³/mol. The van der Waals surface area contributed by atoms with Gasteiger partial charge in [0, 0.05) is 21.9 Å². The van der Waals surface area contributed by atoms with Crippen molar-refractivity contribution in [2.24, 2.45) is 0 Å². The zero-order valence-electron chi connectivity index (χ0n) is 28.6. The Labute approximate surface area is 296 Å². The second kappa shape index (κ2) is 11.8. The number of hydrogen-bond acceptors (Lipinski definition) is 2. The van der Waals surface area contributed by atoms with Crippen molar-refractivity contribution in [3.63, 3.8) is 0 Å². The number of amides is 2. The van der Waals surface area contributed by atoms with Gasteiger partial charge in [0.25, 0.3) is 11.8 Å². The fourth-order valence-corrected chi connectivity index (χ4v) is 8.16. The summed E-state index contributed by atoms with van der Waals surface area (Å²) in [6, 6.07) is 50.9. The topological polar surface area (TPSA) is 42.3 Å². The van der Waals surface area contributed by atoms with Crippen molar-refractivity contribution in [3.05, 3.63) is 179 Å². The molecule has 0 saturated heterocycles. The van der Waals surface area contributed by atoms with Gasteiger partial charge in [-0.05, 0) is 78.4 Å². The van der Waals surface area contributed by atoms with Crippen LogP contribution in [0.1, 0.15) is 37.4 Å². The zero-order valence-corrected chi connectivity index (χ0v) is 28.6. The molecule has 0 N–H and O–H groups in total. The number of rotatable bonds is 5. The summed E-state index contributed by atoms with van der Waals surface area (Å²) in [4.78, 5) is 31.1. The number of imide groups is 1. The first-order valence-electron chi connectivity index (χ1n) is 17.3. The van der Waals surface area contributed by atoms with Crippen molar-refractivity contribution in [3.8, 4) is 39.1 Å². The van der Waals surface area contributed by atoms with E-state index in [4.69, 9.17) is 0 Å². The maximum Gasteiger partial charge on any atom is 0.268 e. The first-order chi connectivity index (χ1) is 24.9. The lowest BCUT2D eigenvalue weighted by atomic mass is 9.93. The van der Waals surface area contributed by atoms with Gasteiger partial charge in [0.15, 0.2) is 0 Å². The molecule has 4 nitrogen and oxygen atoms in total. The van der Waals surface area contributed by atoms with E-state index in [0.717, 1.165) is 49.6 Å². The van der Waals surface area contributed by atoms with Crippen LogP contribution in [0.2, 0.25) is 0 Å². The maximum atomic E-state index is 15.1. The average Bonchev–Trinajstić information content (AvgIpc) is 3.61. The molecule has 0 unspecified atom stereocenters. The van der Waals surface area contributed by atoms with Gasteiger partial charge in [-0.2, -0.15) is 0 Å². The van der Waals surface area contributed by atoms with Gasteiger partial charge in [-0.25, -0.2) is 4.90 Å². The fourth-order valence-electron chi connectivity index (χ4n) is 8.16. The summed E-state index contributed by atoms with van der Waals surface area (Å²) in [5.74, 6) is -0.664. The molecule has 51 heavy (non-hydrogen) atoms. The lowest BCUT2D eigenvalue weighted by Crippen LogP contribution is -2.30. The lowest BCUT2D eigenvalue weighted by Gasteiger charge is -2.23. The maximum absolute atomic E-state index is 15.1. The Hall–Kier alpha value is -6.52. The van der Waals surface area contributed by atoms with E-state index in [2.05, 4.69) is 67.8 Å². The van der Waals surface area contributed by atoms with E-state index in [1.807, 2.05) is 103 Å². The smallest absolute Gasteiger partial charge is 0.268 e. The van der Waals surface area contributed by atoms with Crippen LogP contribution in [0.15, 0.2) is 152 Å². The summed E-state index contributed by atoms with van der Waals surface area (Å²) in [5, 5.41) is 2.17. The number of benzene rings is 7. The molecule has 1 aromatic heterocycles. The molecule has 0 saturated carbocycles. The Balaban J connectivity index is 1.29. The first kappa shape index (κ1) is 30.5. The molecule has 1 aliphatic heterocycles. The third-order valence-electron chi connectivity index (χ3n) is 10.2. The van der Waals surface area contributed by atoms with Crippen molar-refractivity contribution in [2.45, 2.75) is 20.8 Å². The van der Waals surface area contributed by atoms with E-state index in [9.17, 15) is 4.79 Å². The number of anilines is 1. The highest BCUT2D eigenvalue weighted by Crippen LogP contribution is 2.45. The summed E-state index contributed by atoms with van der Waals surface area (Å²) >= 11 is 0. The summed E-state index contributed by atoms with van der Waals surface area (Å²) in [7, 11) is 0. The number of hydrogen-bond donors (Lipinski definition) is 0. The summed E-state index contributed by atoms with van der Waals surface area (Å²) in [6.45, 7) is 6.45. The van der Waals surface area contributed by atoms with Crippen LogP contribution in [0.3, 0.4) is 0 Å². The van der Waals surface area contributed by atoms with Crippen molar-refractivity contribution in [1.29, 1.82) is 0 Å². The Kier molecular flexibility index (Phi) is 7.08. The minimum atomic E-state index is -0.335. The van der Waals surface area contributed by atoms with E-state index in [1.54, 1.807) is 6.07 Å². The van der Waals surface area contributed by atoms with Gasteiger partial charge >= 0.3 is 0 Å². The lowest BCUT2D eigenvalue weighted by molar-refractivity contribution is 0.0926. The Morgan fingerprint density at radius 1 is 0.431 bits per heavy atom. The predicted octanol–water partition coefficient (Wildman–Crippen LogP) is 11.5. The molecular formula is C47H34N2O2. The average molecular weight is 659 g/mol. The summed E-state index contributed by atoms with van der Waals surface area (Å²) in [5.41, 5.74) is 13.5. The Bertz CT molecular complexity index is 2620. The van der Waals surface area contributed by atoms with Crippen LogP contribution in [-0.2, 0) is 0 Å². The Morgan fingerprint density at radius 3 is 1.67 bits per heavy atom. The van der Waals surface area contributed by atoms with Gasteiger partial charge in [-0.3, -0.25) is 9.59 Å². The molecule has 2 heterocycles. The molecule has 0 spiro atoms. The summed E-state index contributed by atoms with van der Waals surface area (Å²) < 4.78 is 2.17. The Morgan fingerprint density at radius 2 is 1.00 bits per heavy atom. The number of nitrogens with zero attached hydrogens (tertiary/aromatic N) is 2. The molecule has 0 aliphatic carbocycles. The normalized spacial score (nSPS) is 12.6. The summed E-state index contributed by atoms with van der Waals surface area (Å²) in [6.07, 6.45) is 0. The minimum Gasteiger partial charge on any atom is -0.308 e. The largest absolute Gasteiger partial charge is 0.308 e. The van der Waals surface area contributed by atoms with Crippen molar-refractivity contribution in [1.82, 2.24) is 4.57 Å². The van der Waals surface area contributed by atoms with Crippen LogP contribution in [0.4, 0.5) is 5.69 Å². The third-order valence-corrected chi connectivity index (χ3v) is 10.2. The second-order valence-electron chi connectivity index (χ2n) is 13.4. The molecule has 2 amide bonds. The number of fused-ring (bicyclic) bond motifs is 4. The van der Waals surface area contributed by atoms with Crippen LogP contribution in [0, 0.1) is 20.8 Å². The van der Waals surface area contributed by atoms with E-state index in [-0.39, 0.29) is 11.8 Å². The molecule has 8 aromatic rings. The fraction of sp³-hybridized carbons (Fsp3) is 0.0638. The molecule has 1 aliphatic rings. The van der Waals surface area contributed by atoms with Gasteiger partial charge in [0.05, 0.1) is 33.5 Å². The number of carbonyl (C=O) groups is 2. The zero-order chi connectivity index (χ0) is 34.8. The monoisotopic (exact) mass is 658 g/mol. The van der Waals surface area contributed by atoms with Crippen molar-refractivity contribution < 1.29 is 9.59 Å². The van der Waals surface area contributed by atoms with E-state index in [1.165, 1.54) is 27.2 Å². The van der Waals surface area contributed by atoms with Gasteiger partial charge in [-0.15, -0.1) is 0 Å². The molecular weight excluding hydrogens is 625 g/mol. The van der Waals surface area contributed by atoms with Crippen LogP contribution in [0.25, 0.3) is 60.9 Å². The number of aryl methyl sites for hydroxylation is 3. The highest BCUT2D eigenvalue weighted by atomic mass is 16.2. The molecule has 0 fully saturated rings. The molecule has 0 radical (unpaired) electrons. The van der Waals surface area contributed by atoms with E-state index >= 15 is 4.79 Å². The second-order valence-corrected chi connectivity index (χ2v) is 13.4. The molecule has 244 valence electrons. The van der Waals surface area contributed by atoms with Crippen molar-refractivity contribution in [2.75, 3.05) is 4.90 Å². The van der Waals surface area contributed by atoms with Gasteiger partial charge in [0.1, 0.15) is 0 Å². The number of carbonyl (C=O) groups excluding carboxylic acids is 2. The van der Waals surface area contributed by atoms with Crippen LogP contribution in [-0.4, -0.2) is 16.4 Å². The highest BCUT2D eigenvalue weighted by molar-refractivity contribution is 6.37. The van der Waals surface area contributed by atoms with Crippen LogP contribution >= 0.6 is 0 Å². The van der Waals surface area contributed by atoms with Crippen molar-refractivity contribution >= 4 is 39.3 Å². The highest BCUT2D eigenvalue weighted by Gasteiger charge is 2.41. The van der Waals surface area contributed by atoms with E-state index < -0.39 is 0 Å². The molecule has 0 bridgehead atoms. The quantitative estimate of drug-likeness (QED) is 0.173. The molecule has 7 aromatic carbocycles. The number of para-hydroxylation sites is 2. The third kappa shape index (κ3) is 4.75. The van der Waals surface area contributed by atoms with Gasteiger partial charge in [0.2, 0.25) is 0 Å². The molecule has 4 heteroatoms. The minimum absolute atomic E-state index is 0.329. The first-order valence-corrected chi connectivity index (χ1v) is 17.3. The molecule has 0 atom stereocenters. The van der Waals surface area contributed by atoms with Crippen LogP contribution < -0.4 is 4.90 Å².